The summed E-state index contributed by atoms with van der Waals surface area (Å²) in [6.07, 6.45) is -2.17. The Hall–Kier alpha value is -2.25. The number of carboxylic acids is 1. The van der Waals surface area contributed by atoms with Crippen molar-refractivity contribution >= 4 is 11.9 Å². The topological polar surface area (TPSA) is 75.6 Å². The van der Waals surface area contributed by atoms with Gasteiger partial charge in [0.25, 0.3) is 0 Å². The number of hydrogen-bond donors (Lipinski definition) is 2. The van der Waals surface area contributed by atoms with Gasteiger partial charge in [0.1, 0.15) is 11.8 Å². The number of halogens is 3. The van der Waals surface area contributed by atoms with Gasteiger partial charge in [-0.3, -0.25) is 4.79 Å². The minimum Gasteiger partial charge on any atom is -0.480 e. The van der Waals surface area contributed by atoms with Gasteiger partial charge in [-0.25, -0.2) is 4.79 Å². The van der Waals surface area contributed by atoms with Crippen molar-refractivity contribution in [3.63, 3.8) is 0 Å². The lowest BCUT2D eigenvalue weighted by Gasteiger charge is -2.19. The Kier molecular flexibility index (Phi) is 5.59. The molecule has 0 radical (unpaired) electrons. The van der Waals surface area contributed by atoms with E-state index >= 15 is 0 Å². The van der Waals surface area contributed by atoms with Crippen LogP contribution >= 0.6 is 0 Å². The number of benzene rings is 1. The average molecular weight is 359 g/mol. The van der Waals surface area contributed by atoms with E-state index in [0.29, 0.717) is 37.7 Å². The Labute approximate surface area is 143 Å². The standard InChI is InChI=1S/C17H20F3NO4/c1-2-3-13(14(22)23)21-15(24)16(8-9-16)10-11-4-6-12(7-5-11)25-17(18,19)20/h4-7,13H,2-3,8-10H2,1H3,(H,21,24)(H,22,23). The van der Waals surface area contributed by atoms with Crippen LogP contribution in [0.1, 0.15) is 38.2 Å². The molecule has 0 spiro atoms. The Balaban J connectivity index is 1.99. The van der Waals surface area contributed by atoms with Gasteiger partial charge < -0.3 is 15.2 Å². The molecule has 0 bridgehead atoms. The van der Waals surface area contributed by atoms with E-state index in [1.807, 2.05) is 6.92 Å². The van der Waals surface area contributed by atoms with E-state index in [9.17, 15) is 22.8 Å². The van der Waals surface area contributed by atoms with Crippen molar-refractivity contribution in [2.45, 2.75) is 51.4 Å². The number of ether oxygens (including phenoxy) is 1. The molecule has 8 heteroatoms. The monoisotopic (exact) mass is 359 g/mol. The van der Waals surface area contributed by atoms with Gasteiger partial charge in [-0.15, -0.1) is 13.2 Å². The first kappa shape index (κ1) is 19.1. The maximum absolute atomic E-state index is 12.4. The van der Waals surface area contributed by atoms with Crippen LogP contribution < -0.4 is 10.1 Å². The zero-order valence-electron chi connectivity index (χ0n) is 13.7. The summed E-state index contributed by atoms with van der Waals surface area (Å²) in [6, 6.07) is 4.45. The molecule has 1 aliphatic rings. The number of carboxylic acid groups (broad SMARTS) is 1. The second-order valence-corrected chi connectivity index (χ2v) is 6.30. The van der Waals surface area contributed by atoms with Gasteiger partial charge in [-0.1, -0.05) is 25.5 Å². The molecule has 1 atom stereocenters. The fraction of sp³-hybridized carbons (Fsp3) is 0.529. The Morgan fingerprint density at radius 1 is 1.28 bits per heavy atom. The molecule has 1 saturated carbocycles. The van der Waals surface area contributed by atoms with Crippen LogP contribution in [0.5, 0.6) is 5.75 Å². The molecule has 2 N–H and O–H groups in total. The number of amides is 1. The van der Waals surface area contributed by atoms with Crippen LogP contribution in [0.2, 0.25) is 0 Å². The maximum Gasteiger partial charge on any atom is 0.573 e. The number of carbonyl (C=O) groups is 2. The van der Waals surface area contributed by atoms with Crippen LogP contribution in [0, 0.1) is 5.41 Å². The van der Waals surface area contributed by atoms with Crippen LogP contribution in [0.3, 0.4) is 0 Å². The number of alkyl halides is 3. The summed E-state index contributed by atoms with van der Waals surface area (Å²) < 4.78 is 40.3. The summed E-state index contributed by atoms with van der Waals surface area (Å²) in [5, 5.41) is 11.7. The minimum atomic E-state index is -4.75. The van der Waals surface area contributed by atoms with Crippen molar-refractivity contribution in [2.24, 2.45) is 5.41 Å². The van der Waals surface area contributed by atoms with E-state index in [4.69, 9.17) is 5.11 Å². The van der Waals surface area contributed by atoms with Crippen LogP contribution in [0.4, 0.5) is 13.2 Å². The second kappa shape index (κ2) is 7.33. The fourth-order valence-electron chi connectivity index (χ4n) is 2.69. The fourth-order valence-corrected chi connectivity index (χ4v) is 2.69. The van der Waals surface area contributed by atoms with Crippen LogP contribution in [0.25, 0.3) is 0 Å². The van der Waals surface area contributed by atoms with Crippen molar-refractivity contribution in [3.05, 3.63) is 29.8 Å². The molecule has 0 saturated heterocycles. The Morgan fingerprint density at radius 2 is 1.88 bits per heavy atom. The van der Waals surface area contributed by atoms with Gasteiger partial charge in [0.2, 0.25) is 5.91 Å². The molecule has 0 aromatic heterocycles. The predicted octanol–water partition coefficient (Wildman–Crippen LogP) is 3.28. The number of aliphatic carboxylic acids is 1. The first-order valence-corrected chi connectivity index (χ1v) is 8.04. The van der Waals surface area contributed by atoms with Crippen molar-refractivity contribution in [1.29, 1.82) is 0 Å². The van der Waals surface area contributed by atoms with E-state index in [0.717, 1.165) is 0 Å². The summed E-state index contributed by atoms with van der Waals surface area (Å²) in [5.41, 5.74) is 0.0259. The number of rotatable bonds is 8. The predicted molar refractivity (Wildman–Crippen MR) is 83.0 cm³/mol. The third-order valence-corrected chi connectivity index (χ3v) is 4.22. The number of carbonyl (C=O) groups excluding carboxylic acids is 1. The molecule has 1 fully saturated rings. The minimum absolute atomic E-state index is 0.316. The highest BCUT2D eigenvalue weighted by Crippen LogP contribution is 2.48. The third kappa shape index (κ3) is 5.37. The molecule has 1 aromatic carbocycles. The normalized spacial score (nSPS) is 16.8. The highest BCUT2D eigenvalue weighted by atomic mass is 19.4. The molecular weight excluding hydrogens is 339 g/mol. The Bertz CT molecular complexity index is 624. The van der Waals surface area contributed by atoms with E-state index in [1.54, 1.807) is 0 Å². The van der Waals surface area contributed by atoms with Gasteiger partial charge in [0, 0.05) is 0 Å². The second-order valence-electron chi connectivity index (χ2n) is 6.30. The zero-order chi connectivity index (χ0) is 18.7. The molecule has 2 rings (SSSR count). The van der Waals surface area contributed by atoms with Crippen molar-refractivity contribution < 1.29 is 32.6 Å². The molecule has 138 valence electrons. The molecule has 25 heavy (non-hydrogen) atoms. The highest BCUT2D eigenvalue weighted by Gasteiger charge is 2.50. The lowest BCUT2D eigenvalue weighted by molar-refractivity contribution is -0.274. The summed E-state index contributed by atoms with van der Waals surface area (Å²) in [4.78, 5) is 23.6. The molecule has 1 aliphatic carbocycles. The van der Waals surface area contributed by atoms with E-state index < -0.39 is 23.8 Å². The van der Waals surface area contributed by atoms with Gasteiger partial charge in [-0.2, -0.15) is 0 Å². The van der Waals surface area contributed by atoms with E-state index in [-0.39, 0.29) is 11.7 Å². The molecule has 0 heterocycles. The summed E-state index contributed by atoms with van der Waals surface area (Å²) in [5.74, 6) is -1.71. The largest absolute Gasteiger partial charge is 0.573 e. The smallest absolute Gasteiger partial charge is 0.480 e. The summed E-state index contributed by atoms with van der Waals surface area (Å²) in [6.45, 7) is 1.83. The summed E-state index contributed by atoms with van der Waals surface area (Å²) >= 11 is 0. The van der Waals surface area contributed by atoms with Crippen molar-refractivity contribution in [2.75, 3.05) is 0 Å². The van der Waals surface area contributed by atoms with Gasteiger partial charge in [0.15, 0.2) is 0 Å². The lowest BCUT2D eigenvalue weighted by Crippen LogP contribution is -2.44. The maximum atomic E-state index is 12.4. The Morgan fingerprint density at radius 3 is 2.32 bits per heavy atom. The van der Waals surface area contributed by atoms with Crippen LogP contribution in [0.15, 0.2) is 24.3 Å². The molecular formula is C17H20F3NO4. The molecule has 1 aromatic rings. The van der Waals surface area contributed by atoms with Crippen molar-refractivity contribution in [3.8, 4) is 5.75 Å². The summed E-state index contributed by atoms with van der Waals surface area (Å²) in [7, 11) is 0. The van der Waals surface area contributed by atoms with Crippen LogP contribution in [-0.4, -0.2) is 29.4 Å². The third-order valence-electron chi connectivity index (χ3n) is 4.22. The first-order valence-electron chi connectivity index (χ1n) is 8.04. The van der Waals surface area contributed by atoms with E-state index in [2.05, 4.69) is 10.1 Å². The SMILES string of the molecule is CCCC(NC(=O)C1(Cc2ccc(OC(F)(F)F)cc2)CC1)C(=O)O. The van der Waals surface area contributed by atoms with E-state index in [1.165, 1.54) is 24.3 Å². The molecule has 1 unspecified atom stereocenters. The first-order chi connectivity index (χ1) is 11.6. The molecule has 0 aliphatic heterocycles. The van der Waals surface area contributed by atoms with Crippen LogP contribution in [-0.2, 0) is 16.0 Å². The highest BCUT2D eigenvalue weighted by molar-refractivity contribution is 5.89. The molecule has 5 nitrogen and oxygen atoms in total. The lowest BCUT2D eigenvalue weighted by atomic mass is 9.95. The van der Waals surface area contributed by atoms with Gasteiger partial charge in [-0.05, 0) is 43.4 Å². The average Bonchev–Trinajstić information content (AvgIpc) is 3.28. The van der Waals surface area contributed by atoms with Gasteiger partial charge in [0.05, 0.1) is 5.41 Å². The van der Waals surface area contributed by atoms with Gasteiger partial charge >= 0.3 is 12.3 Å². The quantitative estimate of drug-likeness (QED) is 0.747. The molecule has 1 amide bonds. The van der Waals surface area contributed by atoms with Crippen molar-refractivity contribution in [1.82, 2.24) is 5.32 Å². The number of hydrogen-bond acceptors (Lipinski definition) is 3. The zero-order valence-corrected chi connectivity index (χ0v) is 13.7. The number of nitrogens with one attached hydrogen (secondary N) is 1.